The lowest BCUT2D eigenvalue weighted by Gasteiger charge is -2.35. The van der Waals surface area contributed by atoms with Crippen LogP contribution in [-0.4, -0.2) is 68.8 Å². The van der Waals surface area contributed by atoms with Crippen LogP contribution in [0.4, 0.5) is 0 Å². The number of carboxylic acid groups (broad SMARTS) is 1. The van der Waals surface area contributed by atoms with Crippen molar-refractivity contribution in [2.45, 2.75) is 50.4 Å². The van der Waals surface area contributed by atoms with E-state index in [1.807, 2.05) is 42.5 Å². The van der Waals surface area contributed by atoms with Gasteiger partial charge in [-0.2, -0.15) is 0 Å². The number of nitrogens with zero attached hydrogens (tertiary/aromatic N) is 1. The number of carbonyl (C=O) groups excluding carboxylic acids is 2. The van der Waals surface area contributed by atoms with E-state index in [0.717, 1.165) is 16.7 Å². The molecular formula is C25H29ClN2O6. The molecule has 0 bridgehead atoms. The van der Waals surface area contributed by atoms with Gasteiger partial charge in [0.25, 0.3) is 0 Å². The Balaban J connectivity index is 1.68. The minimum atomic E-state index is -1.68. The standard InChI is InChI=1S/C25H29ClN2O6/c1-25(34)9-11-28(12-10-25)23(31)22(30)27-20(15-21(29)24(32)33)13-16-5-7-17(8-6-16)18-3-2-4-19(26)14-18/h2-8,14,20-21,29,34H,9-13,15H2,1H3,(H,27,30)(H,32,33)/t20-,21-/m1/s1. The fourth-order valence-corrected chi connectivity index (χ4v) is 4.12. The van der Waals surface area contributed by atoms with Crippen molar-refractivity contribution in [2.24, 2.45) is 0 Å². The van der Waals surface area contributed by atoms with Gasteiger partial charge in [-0.1, -0.05) is 48.0 Å². The molecule has 1 saturated heterocycles. The number of amides is 2. The Morgan fingerprint density at radius 2 is 1.74 bits per heavy atom. The lowest BCUT2D eigenvalue weighted by atomic mass is 9.94. The van der Waals surface area contributed by atoms with Crippen LogP contribution in [0, 0.1) is 0 Å². The van der Waals surface area contributed by atoms with Gasteiger partial charge in [0.05, 0.1) is 5.60 Å². The Labute approximate surface area is 203 Å². The van der Waals surface area contributed by atoms with Crippen LogP contribution < -0.4 is 5.32 Å². The Morgan fingerprint density at radius 1 is 1.09 bits per heavy atom. The molecule has 4 N–H and O–H groups in total. The molecule has 0 radical (unpaired) electrons. The van der Waals surface area contributed by atoms with Crippen molar-refractivity contribution in [1.29, 1.82) is 0 Å². The van der Waals surface area contributed by atoms with Gasteiger partial charge in [-0.15, -0.1) is 0 Å². The summed E-state index contributed by atoms with van der Waals surface area (Å²) in [6, 6.07) is 14.1. The van der Waals surface area contributed by atoms with Crippen molar-refractivity contribution >= 4 is 29.4 Å². The molecule has 8 nitrogen and oxygen atoms in total. The summed E-state index contributed by atoms with van der Waals surface area (Å²) in [5, 5.41) is 32.2. The minimum absolute atomic E-state index is 0.230. The highest BCUT2D eigenvalue weighted by atomic mass is 35.5. The van der Waals surface area contributed by atoms with Gasteiger partial charge in [0.2, 0.25) is 0 Å². The first kappa shape index (κ1) is 25.7. The summed E-state index contributed by atoms with van der Waals surface area (Å²) in [5.41, 5.74) is 1.82. The zero-order valence-electron chi connectivity index (χ0n) is 18.9. The largest absolute Gasteiger partial charge is 0.479 e. The van der Waals surface area contributed by atoms with E-state index in [2.05, 4.69) is 5.32 Å². The molecule has 1 aliphatic heterocycles. The van der Waals surface area contributed by atoms with Crippen LogP contribution in [-0.2, 0) is 20.8 Å². The molecule has 0 aliphatic carbocycles. The Bertz CT molecular complexity index is 1030. The van der Waals surface area contributed by atoms with Crippen LogP contribution in [0.1, 0.15) is 31.7 Å². The Hall–Kier alpha value is -2.94. The van der Waals surface area contributed by atoms with Gasteiger partial charge in [0.15, 0.2) is 6.10 Å². The first-order valence-electron chi connectivity index (χ1n) is 11.1. The van der Waals surface area contributed by atoms with Crippen LogP contribution in [0.5, 0.6) is 0 Å². The number of carbonyl (C=O) groups is 3. The number of piperidine rings is 1. The number of aliphatic carboxylic acids is 1. The highest BCUT2D eigenvalue weighted by Gasteiger charge is 2.33. The van der Waals surface area contributed by atoms with Crippen LogP contribution in [0.3, 0.4) is 0 Å². The number of likely N-dealkylation sites (tertiary alicyclic amines) is 1. The fourth-order valence-electron chi connectivity index (χ4n) is 3.93. The molecular weight excluding hydrogens is 460 g/mol. The molecule has 2 amide bonds. The summed E-state index contributed by atoms with van der Waals surface area (Å²) in [6.45, 7) is 2.20. The highest BCUT2D eigenvalue weighted by Crippen LogP contribution is 2.24. The number of rotatable bonds is 7. The molecule has 0 aromatic heterocycles. The van der Waals surface area contributed by atoms with Crippen molar-refractivity contribution < 1.29 is 29.7 Å². The second kappa shape index (κ2) is 11.0. The van der Waals surface area contributed by atoms with Gasteiger partial charge in [-0.25, -0.2) is 4.79 Å². The molecule has 1 aliphatic rings. The van der Waals surface area contributed by atoms with E-state index in [9.17, 15) is 24.6 Å². The van der Waals surface area contributed by atoms with Gasteiger partial charge in [-0.3, -0.25) is 9.59 Å². The SMILES string of the molecule is CC1(O)CCN(C(=O)C(=O)N[C@H](Cc2ccc(-c3cccc(Cl)c3)cc2)C[C@@H](O)C(=O)O)CC1. The molecule has 9 heteroatoms. The maximum atomic E-state index is 12.6. The van der Waals surface area contributed by atoms with E-state index in [1.165, 1.54) is 4.90 Å². The third kappa shape index (κ3) is 7.03. The normalized spacial score (nSPS) is 17.0. The summed E-state index contributed by atoms with van der Waals surface area (Å²) in [5.74, 6) is -3.00. The predicted octanol–water partition coefficient (Wildman–Crippen LogP) is 2.24. The number of benzene rings is 2. The maximum Gasteiger partial charge on any atom is 0.332 e. The lowest BCUT2D eigenvalue weighted by Crippen LogP contribution is -2.52. The van der Waals surface area contributed by atoms with E-state index in [1.54, 1.807) is 13.0 Å². The number of hydrogen-bond donors (Lipinski definition) is 4. The molecule has 0 saturated carbocycles. The first-order chi connectivity index (χ1) is 16.0. The highest BCUT2D eigenvalue weighted by molar-refractivity contribution is 6.35. The first-order valence-corrected chi connectivity index (χ1v) is 11.5. The third-order valence-electron chi connectivity index (χ3n) is 6.04. The molecule has 0 spiro atoms. The van der Waals surface area contributed by atoms with Crippen LogP contribution in [0.2, 0.25) is 5.02 Å². The third-order valence-corrected chi connectivity index (χ3v) is 6.28. The number of aliphatic hydroxyl groups is 2. The van der Waals surface area contributed by atoms with Crippen LogP contribution in [0.15, 0.2) is 48.5 Å². The number of carboxylic acids is 1. The second-order valence-corrected chi connectivity index (χ2v) is 9.40. The molecule has 2 aromatic rings. The molecule has 34 heavy (non-hydrogen) atoms. The minimum Gasteiger partial charge on any atom is -0.479 e. The lowest BCUT2D eigenvalue weighted by molar-refractivity contribution is -0.149. The number of halogens is 1. The number of aliphatic hydroxyl groups excluding tert-OH is 1. The second-order valence-electron chi connectivity index (χ2n) is 8.96. The molecule has 2 aromatic carbocycles. The van der Waals surface area contributed by atoms with Gasteiger partial charge in [0.1, 0.15) is 0 Å². The Kier molecular flexibility index (Phi) is 8.30. The van der Waals surface area contributed by atoms with Crippen LogP contribution in [0.25, 0.3) is 11.1 Å². The van der Waals surface area contributed by atoms with E-state index >= 15 is 0 Å². The quantitative estimate of drug-likeness (QED) is 0.443. The van der Waals surface area contributed by atoms with E-state index in [-0.39, 0.29) is 25.9 Å². The van der Waals surface area contributed by atoms with Crippen molar-refractivity contribution in [3.05, 3.63) is 59.1 Å². The van der Waals surface area contributed by atoms with E-state index in [4.69, 9.17) is 16.7 Å². The summed E-state index contributed by atoms with van der Waals surface area (Å²) >= 11 is 6.06. The fraction of sp³-hybridized carbons (Fsp3) is 0.400. The smallest absolute Gasteiger partial charge is 0.332 e. The molecule has 2 atom stereocenters. The van der Waals surface area contributed by atoms with Gasteiger partial charge in [-0.05, 0) is 55.0 Å². The van der Waals surface area contributed by atoms with Gasteiger partial charge >= 0.3 is 17.8 Å². The molecule has 1 heterocycles. The van der Waals surface area contributed by atoms with Crippen molar-refractivity contribution in [2.75, 3.05) is 13.1 Å². The average molecular weight is 489 g/mol. The summed E-state index contributed by atoms with van der Waals surface area (Å²) in [7, 11) is 0. The Morgan fingerprint density at radius 3 is 2.32 bits per heavy atom. The monoisotopic (exact) mass is 488 g/mol. The van der Waals surface area contributed by atoms with Crippen molar-refractivity contribution in [1.82, 2.24) is 10.2 Å². The summed E-state index contributed by atoms with van der Waals surface area (Å²) < 4.78 is 0. The van der Waals surface area contributed by atoms with E-state index < -0.39 is 35.5 Å². The van der Waals surface area contributed by atoms with Crippen molar-refractivity contribution in [3.8, 4) is 11.1 Å². The molecule has 1 fully saturated rings. The zero-order valence-corrected chi connectivity index (χ0v) is 19.7. The maximum absolute atomic E-state index is 12.6. The van der Waals surface area contributed by atoms with E-state index in [0.29, 0.717) is 17.9 Å². The predicted molar refractivity (Wildman–Crippen MR) is 127 cm³/mol. The summed E-state index contributed by atoms with van der Waals surface area (Å²) in [6.07, 6.45) is -0.970. The number of hydrogen-bond acceptors (Lipinski definition) is 5. The van der Waals surface area contributed by atoms with Crippen LogP contribution >= 0.6 is 11.6 Å². The topological polar surface area (TPSA) is 127 Å². The van der Waals surface area contributed by atoms with Gasteiger partial charge < -0.3 is 25.5 Å². The molecule has 0 unspecified atom stereocenters. The zero-order chi connectivity index (χ0) is 24.9. The molecule has 3 rings (SSSR count). The average Bonchev–Trinajstić information content (AvgIpc) is 2.79. The van der Waals surface area contributed by atoms with Crippen molar-refractivity contribution in [3.63, 3.8) is 0 Å². The number of nitrogens with one attached hydrogen (secondary N) is 1. The summed E-state index contributed by atoms with van der Waals surface area (Å²) in [4.78, 5) is 37.8. The van der Waals surface area contributed by atoms with Gasteiger partial charge in [0, 0.05) is 30.6 Å². The molecule has 182 valence electrons.